The molecule has 2 amide bonds. The Labute approximate surface area is 107 Å². The van der Waals surface area contributed by atoms with Gasteiger partial charge < -0.3 is 4.90 Å². The van der Waals surface area contributed by atoms with Gasteiger partial charge in [0.15, 0.2) is 0 Å². The first kappa shape index (κ1) is 12.7. The molecule has 1 atom stereocenters. The minimum atomic E-state index is -0.375. The van der Waals surface area contributed by atoms with Gasteiger partial charge in [-0.25, -0.2) is 4.79 Å². The third-order valence-corrected chi connectivity index (χ3v) is 5.18. The van der Waals surface area contributed by atoms with Gasteiger partial charge in [0.2, 0.25) is 0 Å². The molecule has 2 fully saturated rings. The Hall–Kier alpha value is -0.710. The number of carbonyl (C=O) groups is 1. The number of thioether (sulfide) groups is 1. The highest BCUT2D eigenvalue weighted by molar-refractivity contribution is 7.99. The molecule has 0 aliphatic carbocycles. The summed E-state index contributed by atoms with van der Waals surface area (Å²) in [5.74, 6) is 2.36. The maximum absolute atomic E-state index is 11.9. The minimum Gasteiger partial charge on any atom is -0.311 e. The number of nitrogens with zero attached hydrogens (tertiary/aromatic N) is 1. The van der Waals surface area contributed by atoms with E-state index >= 15 is 0 Å². The zero-order valence-electron chi connectivity index (χ0n) is 10.8. The van der Waals surface area contributed by atoms with Crippen molar-refractivity contribution in [2.45, 2.75) is 39.2 Å². The summed E-state index contributed by atoms with van der Waals surface area (Å²) in [6, 6.07) is -0.0878. The molecule has 0 radical (unpaired) electrons. The second kappa shape index (κ2) is 4.19. The molecule has 1 spiro atoms. The first-order valence-electron chi connectivity index (χ1n) is 6.17. The van der Waals surface area contributed by atoms with Gasteiger partial charge in [0.05, 0.1) is 0 Å². The lowest BCUT2D eigenvalue weighted by Gasteiger charge is -2.45. The standard InChI is InChI=1S/C12H21N3OS/c1-4-5-15-10(16)14-9(13)12(15)6-11(2,3)7-17-8-12/h4-8H2,1-3H3,(H2,13,14,16). The van der Waals surface area contributed by atoms with Crippen molar-refractivity contribution in [2.75, 3.05) is 18.1 Å². The molecule has 17 heavy (non-hydrogen) atoms. The molecule has 2 aliphatic heterocycles. The highest BCUT2D eigenvalue weighted by Crippen LogP contribution is 2.44. The minimum absolute atomic E-state index is 0.0878. The van der Waals surface area contributed by atoms with E-state index in [1.165, 1.54) is 0 Å². The summed E-state index contributed by atoms with van der Waals surface area (Å²) >= 11 is 1.86. The zero-order valence-corrected chi connectivity index (χ0v) is 11.6. The zero-order chi connectivity index (χ0) is 12.7. The van der Waals surface area contributed by atoms with Gasteiger partial charge in [0.1, 0.15) is 11.4 Å². The van der Waals surface area contributed by atoms with Crippen LogP contribution in [0.5, 0.6) is 0 Å². The van der Waals surface area contributed by atoms with Gasteiger partial charge in [-0.1, -0.05) is 20.8 Å². The summed E-state index contributed by atoms with van der Waals surface area (Å²) < 4.78 is 0. The van der Waals surface area contributed by atoms with E-state index in [0.717, 1.165) is 30.9 Å². The van der Waals surface area contributed by atoms with Gasteiger partial charge >= 0.3 is 6.03 Å². The van der Waals surface area contributed by atoms with Crippen LogP contribution in [0.1, 0.15) is 33.6 Å². The molecule has 2 rings (SSSR count). The highest BCUT2D eigenvalue weighted by atomic mass is 32.2. The lowest BCUT2D eigenvalue weighted by atomic mass is 9.78. The van der Waals surface area contributed by atoms with Crippen LogP contribution in [-0.2, 0) is 0 Å². The average Bonchev–Trinajstić information content (AvgIpc) is 2.42. The van der Waals surface area contributed by atoms with Crippen LogP contribution in [-0.4, -0.2) is 40.4 Å². The van der Waals surface area contributed by atoms with Gasteiger partial charge in [-0.2, -0.15) is 11.8 Å². The van der Waals surface area contributed by atoms with Crippen molar-refractivity contribution in [1.82, 2.24) is 10.2 Å². The number of amides is 2. The monoisotopic (exact) mass is 255 g/mol. The van der Waals surface area contributed by atoms with Crippen molar-refractivity contribution < 1.29 is 4.79 Å². The summed E-state index contributed by atoms with van der Waals surface area (Å²) in [4.78, 5) is 13.8. The second-order valence-corrected chi connectivity index (χ2v) is 6.81. The van der Waals surface area contributed by atoms with E-state index < -0.39 is 0 Å². The third-order valence-electron chi connectivity index (χ3n) is 3.51. The molecule has 0 aromatic rings. The molecule has 2 aliphatic rings. The van der Waals surface area contributed by atoms with Crippen LogP contribution in [0.25, 0.3) is 0 Å². The van der Waals surface area contributed by atoms with Crippen LogP contribution in [0.4, 0.5) is 4.79 Å². The fourth-order valence-electron chi connectivity index (χ4n) is 2.88. The predicted octanol–water partition coefficient (Wildman–Crippen LogP) is 2.30. The van der Waals surface area contributed by atoms with Crippen LogP contribution in [0.15, 0.2) is 0 Å². The van der Waals surface area contributed by atoms with Gasteiger partial charge in [0.25, 0.3) is 0 Å². The van der Waals surface area contributed by atoms with Crippen LogP contribution >= 0.6 is 11.8 Å². The van der Waals surface area contributed by atoms with Crippen LogP contribution in [0.2, 0.25) is 0 Å². The topological polar surface area (TPSA) is 56.2 Å². The van der Waals surface area contributed by atoms with E-state index in [2.05, 4.69) is 26.1 Å². The Morgan fingerprint density at radius 1 is 1.47 bits per heavy atom. The molecule has 0 aromatic carbocycles. The maximum atomic E-state index is 11.9. The Morgan fingerprint density at radius 2 is 2.18 bits per heavy atom. The molecule has 0 aromatic heterocycles. The van der Waals surface area contributed by atoms with E-state index in [1.54, 1.807) is 0 Å². The SMILES string of the molecule is CCCN1C(=O)NC(=N)C12CSCC(C)(C)C2. The molecular weight excluding hydrogens is 234 g/mol. The molecule has 4 nitrogen and oxygen atoms in total. The number of urea groups is 1. The van der Waals surface area contributed by atoms with Gasteiger partial charge in [0, 0.05) is 12.3 Å². The summed E-state index contributed by atoms with van der Waals surface area (Å²) in [5.41, 5.74) is -0.187. The first-order valence-corrected chi connectivity index (χ1v) is 7.32. The highest BCUT2D eigenvalue weighted by Gasteiger charge is 2.54. The second-order valence-electron chi connectivity index (χ2n) is 5.82. The van der Waals surface area contributed by atoms with Crippen molar-refractivity contribution in [3.63, 3.8) is 0 Å². The van der Waals surface area contributed by atoms with E-state index in [9.17, 15) is 4.79 Å². The molecule has 2 heterocycles. The molecule has 96 valence electrons. The number of amidine groups is 1. The number of hydrogen-bond donors (Lipinski definition) is 2. The molecule has 1 unspecified atom stereocenters. The van der Waals surface area contributed by atoms with E-state index in [1.807, 2.05) is 16.7 Å². The van der Waals surface area contributed by atoms with Gasteiger partial charge in [-0.15, -0.1) is 0 Å². The van der Waals surface area contributed by atoms with E-state index in [0.29, 0.717) is 5.84 Å². The Morgan fingerprint density at radius 3 is 2.76 bits per heavy atom. The predicted molar refractivity (Wildman–Crippen MR) is 71.7 cm³/mol. The van der Waals surface area contributed by atoms with Crippen molar-refractivity contribution in [3.05, 3.63) is 0 Å². The van der Waals surface area contributed by atoms with Crippen LogP contribution in [0, 0.1) is 10.8 Å². The normalized spacial score (nSPS) is 32.1. The third kappa shape index (κ3) is 2.05. The fraction of sp³-hybridized carbons (Fsp3) is 0.833. The summed E-state index contributed by atoms with van der Waals surface area (Å²) in [6.45, 7) is 7.26. The Kier molecular flexibility index (Phi) is 3.14. The molecule has 5 heteroatoms. The molecule has 0 saturated carbocycles. The van der Waals surface area contributed by atoms with Crippen LogP contribution < -0.4 is 5.32 Å². The summed E-state index contributed by atoms with van der Waals surface area (Å²) in [6.07, 6.45) is 1.83. The smallest absolute Gasteiger partial charge is 0.311 e. The fourth-order valence-corrected chi connectivity index (χ4v) is 4.38. The molecule has 2 N–H and O–H groups in total. The van der Waals surface area contributed by atoms with E-state index in [4.69, 9.17) is 5.41 Å². The molecular formula is C12H21N3OS. The van der Waals surface area contributed by atoms with Crippen molar-refractivity contribution in [1.29, 1.82) is 5.41 Å². The van der Waals surface area contributed by atoms with Gasteiger partial charge in [-0.05, 0) is 24.0 Å². The number of rotatable bonds is 2. The van der Waals surface area contributed by atoms with E-state index in [-0.39, 0.29) is 17.0 Å². The lowest BCUT2D eigenvalue weighted by molar-refractivity contribution is 0.149. The molecule has 2 saturated heterocycles. The lowest BCUT2D eigenvalue weighted by Crippen LogP contribution is -2.56. The number of nitrogens with one attached hydrogen (secondary N) is 2. The van der Waals surface area contributed by atoms with Crippen molar-refractivity contribution >= 4 is 23.6 Å². The quantitative estimate of drug-likeness (QED) is 0.795. The number of carbonyl (C=O) groups excluding carboxylic acids is 1. The largest absolute Gasteiger partial charge is 0.323 e. The first-order chi connectivity index (χ1) is 7.91. The summed E-state index contributed by atoms with van der Waals surface area (Å²) in [5, 5.41) is 10.8. The Balaban J connectivity index is 2.31. The average molecular weight is 255 g/mol. The van der Waals surface area contributed by atoms with Crippen molar-refractivity contribution in [2.24, 2.45) is 5.41 Å². The van der Waals surface area contributed by atoms with Crippen LogP contribution in [0.3, 0.4) is 0 Å². The summed E-state index contributed by atoms with van der Waals surface area (Å²) in [7, 11) is 0. The number of hydrogen-bond acceptors (Lipinski definition) is 3. The maximum Gasteiger partial charge on any atom is 0.323 e. The van der Waals surface area contributed by atoms with Gasteiger partial charge in [-0.3, -0.25) is 10.7 Å². The Bertz CT molecular complexity index is 356. The van der Waals surface area contributed by atoms with Crippen molar-refractivity contribution in [3.8, 4) is 0 Å². The molecule has 0 bridgehead atoms.